The smallest absolute Gasteiger partial charge is 0.227 e. The Morgan fingerprint density at radius 2 is 1.96 bits per heavy atom. The topological polar surface area (TPSA) is 49.8 Å². The van der Waals surface area contributed by atoms with Crippen LogP contribution in [0, 0.1) is 0 Å². The van der Waals surface area contributed by atoms with Crippen LogP contribution < -0.4 is 0 Å². The van der Waals surface area contributed by atoms with Crippen molar-refractivity contribution in [2.45, 2.75) is 12.5 Å². The summed E-state index contributed by atoms with van der Waals surface area (Å²) in [5.41, 5.74) is 1.78. The van der Waals surface area contributed by atoms with Gasteiger partial charge in [-0.15, -0.1) is 0 Å². The fourth-order valence-corrected chi connectivity index (χ4v) is 3.03. The van der Waals surface area contributed by atoms with Crippen LogP contribution in [0.2, 0.25) is 10.0 Å². The van der Waals surface area contributed by atoms with Crippen molar-refractivity contribution in [2.75, 3.05) is 19.7 Å². The number of hydrogen-bond acceptors (Lipinski definition) is 3. The van der Waals surface area contributed by atoms with E-state index >= 15 is 0 Å². The Kier molecular flexibility index (Phi) is 5.29. The SMILES string of the molecule is O=C(Cc1ccc(O)c(Cl)c1)N1CCOC(c2ccc(Cl)cc2)C1. The summed E-state index contributed by atoms with van der Waals surface area (Å²) in [4.78, 5) is 14.3. The number of carbonyl (C=O) groups excluding carboxylic acids is 1. The van der Waals surface area contributed by atoms with E-state index in [1.807, 2.05) is 24.3 Å². The summed E-state index contributed by atoms with van der Waals surface area (Å²) < 4.78 is 5.78. The van der Waals surface area contributed by atoms with Gasteiger partial charge >= 0.3 is 0 Å². The quantitative estimate of drug-likeness (QED) is 0.898. The Balaban J connectivity index is 1.66. The molecule has 0 saturated carbocycles. The highest BCUT2D eigenvalue weighted by Gasteiger charge is 2.25. The van der Waals surface area contributed by atoms with E-state index in [0.29, 0.717) is 24.7 Å². The summed E-state index contributed by atoms with van der Waals surface area (Å²) in [6.07, 6.45) is 0.0937. The average Bonchev–Trinajstić information content (AvgIpc) is 2.59. The van der Waals surface area contributed by atoms with Crippen LogP contribution in [-0.2, 0) is 16.0 Å². The first kappa shape index (κ1) is 17.1. The molecule has 3 rings (SSSR count). The molecule has 0 radical (unpaired) electrons. The summed E-state index contributed by atoms with van der Waals surface area (Å²) in [7, 11) is 0. The molecule has 4 nitrogen and oxygen atoms in total. The van der Waals surface area contributed by atoms with Crippen molar-refractivity contribution < 1.29 is 14.6 Å². The Morgan fingerprint density at radius 3 is 2.67 bits per heavy atom. The van der Waals surface area contributed by atoms with Crippen molar-refractivity contribution in [3.05, 3.63) is 63.6 Å². The van der Waals surface area contributed by atoms with Crippen LogP contribution in [0.15, 0.2) is 42.5 Å². The second-order valence-electron chi connectivity index (χ2n) is 5.71. The van der Waals surface area contributed by atoms with Gasteiger partial charge in [0.25, 0.3) is 0 Å². The summed E-state index contributed by atoms with van der Waals surface area (Å²) in [5.74, 6) is 0.0288. The molecular formula is C18H17Cl2NO3. The van der Waals surface area contributed by atoms with Crippen LogP contribution in [0.3, 0.4) is 0 Å². The molecule has 0 bridgehead atoms. The number of phenolic OH excluding ortho intramolecular Hbond substituents is 1. The van der Waals surface area contributed by atoms with E-state index in [-0.39, 0.29) is 29.2 Å². The van der Waals surface area contributed by atoms with Crippen LogP contribution in [0.25, 0.3) is 0 Å². The molecule has 0 aromatic heterocycles. The van der Waals surface area contributed by atoms with Gasteiger partial charge in [0, 0.05) is 11.6 Å². The molecule has 1 heterocycles. The van der Waals surface area contributed by atoms with Crippen LogP contribution in [0.1, 0.15) is 17.2 Å². The van der Waals surface area contributed by atoms with Gasteiger partial charge in [-0.05, 0) is 35.4 Å². The van der Waals surface area contributed by atoms with Crippen molar-refractivity contribution in [3.63, 3.8) is 0 Å². The van der Waals surface area contributed by atoms with E-state index in [1.165, 1.54) is 6.07 Å². The van der Waals surface area contributed by atoms with Gasteiger partial charge in [0.2, 0.25) is 5.91 Å². The average molecular weight is 366 g/mol. The van der Waals surface area contributed by atoms with Gasteiger partial charge in [0.15, 0.2) is 0 Å². The van der Waals surface area contributed by atoms with Crippen LogP contribution in [-0.4, -0.2) is 35.6 Å². The van der Waals surface area contributed by atoms with E-state index in [4.69, 9.17) is 27.9 Å². The normalized spacial score (nSPS) is 17.8. The van der Waals surface area contributed by atoms with Crippen molar-refractivity contribution in [1.29, 1.82) is 0 Å². The number of aromatic hydroxyl groups is 1. The number of benzene rings is 2. The van der Waals surface area contributed by atoms with Gasteiger partial charge in [0.05, 0.1) is 24.6 Å². The van der Waals surface area contributed by atoms with E-state index in [9.17, 15) is 9.90 Å². The summed E-state index contributed by atoms with van der Waals surface area (Å²) >= 11 is 11.8. The molecule has 1 aliphatic rings. The highest BCUT2D eigenvalue weighted by atomic mass is 35.5. The highest BCUT2D eigenvalue weighted by Crippen LogP contribution is 2.26. The lowest BCUT2D eigenvalue weighted by atomic mass is 10.1. The number of rotatable bonds is 3. The van der Waals surface area contributed by atoms with Crippen molar-refractivity contribution in [2.24, 2.45) is 0 Å². The number of halogens is 2. The standard InChI is InChI=1S/C18H17Cl2NO3/c19-14-4-2-13(3-5-14)17-11-21(7-8-24-17)18(23)10-12-1-6-16(22)15(20)9-12/h1-6,9,17,22H,7-8,10-11H2. The maximum atomic E-state index is 12.5. The number of ether oxygens (including phenoxy) is 1. The summed E-state index contributed by atoms with van der Waals surface area (Å²) in [6.45, 7) is 1.57. The molecular weight excluding hydrogens is 349 g/mol. The zero-order valence-electron chi connectivity index (χ0n) is 12.9. The van der Waals surface area contributed by atoms with Crippen LogP contribution in [0.4, 0.5) is 0 Å². The Hall–Kier alpha value is -1.75. The Bertz CT molecular complexity index is 734. The third kappa shape index (κ3) is 4.01. The molecule has 24 heavy (non-hydrogen) atoms. The number of nitrogens with zero attached hydrogens (tertiary/aromatic N) is 1. The lowest BCUT2D eigenvalue weighted by Crippen LogP contribution is -2.42. The van der Waals surface area contributed by atoms with Crippen molar-refractivity contribution >= 4 is 29.1 Å². The molecule has 126 valence electrons. The fourth-order valence-electron chi connectivity index (χ4n) is 2.70. The molecule has 1 N–H and O–H groups in total. The van der Waals surface area contributed by atoms with Gasteiger partial charge < -0.3 is 14.7 Å². The highest BCUT2D eigenvalue weighted by molar-refractivity contribution is 6.32. The predicted molar refractivity (Wildman–Crippen MR) is 93.5 cm³/mol. The zero-order chi connectivity index (χ0) is 17.1. The van der Waals surface area contributed by atoms with Gasteiger partial charge in [-0.25, -0.2) is 0 Å². The second-order valence-corrected chi connectivity index (χ2v) is 6.56. The fraction of sp³-hybridized carbons (Fsp3) is 0.278. The molecule has 2 aromatic rings. The minimum Gasteiger partial charge on any atom is -0.506 e. The molecule has 1 aliphatic heterocycles. The van der Waals surface area contributed by atoms with Gasteiger partial charge in [-0.1, -0.05) is 41.4 Å². The largest absolute Gasteiger partial charge is 0.506 e. The minimum absolute atomic E-state index is 0.0130. The van der Waals surface area contributed by atoms with E-state index in [1.54, 1.807) is 17.0 Å². The number of hydrogen-bond donors (Lipinski definition) is 1. The maximum absolute atomic E-state index is 12.5. The first-order valence-corrected chi connectivity index (χ1v) is 8.41. The lowest BCUT2D eigenvalue weighted by Gasteiger charge is -2.33. The number of carbonyl (C=O) groups is 1. The molecule has 2 aromatic carbocycles. The molecule has 1 amide bonds. The Morgan fingerprint density at radius 1 is 1.21 bits per heavy atom. The molecule has 6 heteroatoms. The van der Waals surface area contributed by atoms with Crippen molar-refractivity contribution in [3.8, 4) is 5.75 Å². The predicted octanol–water partition coefficient (Wildman–Crippen LogP) is 3.84. The number of phenols is 1. The van der Waals surface area contributed by atoms with Crippen LogP contribution >= 0.6 is 23.2 Å². The monoisotopic (exact) mass is 365 g/mol. The molecule has 0 aliphatic carbocycles. The molecule has 1 unspecified atom stereocenters. The van der Waals surface area contributed by atoms with E-state index in [0.717, 1.165) is 11.1 Å². The van der Waals surface area contributed by atoms with Gasteiger partial charge in [0.1, 0.15) is 11.9 Å². The lowest BCUT2D eigenvalue weighted by molar-refractivity contribution is -0.138. The zero-order valence-corrected chi connectivity index (χ0v) is 14.4. The first-order chi connectivity index (χ1) is 11.5. The summed E-state index contributed by atoms with van der Waals surface area (Å²) in [6, 6.07) is 12.3. The minimum atomic E-state index is -0.150. The molecule has 1 saturated heterocycles. The van der Waals surface area contributed by atoms with Gasteiger partial charge in [-0.2, -0.15) is 0 Å². The third-order valence-corrected chi connectivity index (χ3v) is 4.58. The van der Waals surface area contributed by atoms with E-state index in [2.05, 4.69) is 0 Å². The molecule has 1 atom stereocenters. The first-order valence-electron chi connectivity index (χ1n) is 7.65. The van der Waals surface area contributed by atoms with Crippen molar-refractivity contribution in [1.82, 2.24) is 4.90 Å². The number of amides is 1. The molecule has 0 spiro atoms. The van der Waals surface area contributed by atoms with Gasteiger partial charge in [-0.3, -0.25) is 4.79 Å². The third-order valence-electron chi connectivity index (χ3n) is 4.03. The Labute approximate surface area is 150 Å². The maximum Gasteiger partial charge on any atom is 0.227 e. The van der Waals surface area contributed by atoms with E-state index < -0.39 is 0 Å². The molecule has 1 fully saturated rings. The summed E-state index contributed by atoms with van der Waals surface area (Å²) in [5, 5.41) is 10.4. The van der Waals surface area contributed by atoms with Crippen LogP contribution in [0.5, 0.6) is 5.75 Å². The second kappa shape index (κ2) is 7.43. The number of morpholine rings is 1.